The third kappa shape index (κ3) is 3.61. The number of benzene rings is 1. The Balaban J connectivity index is 2.00. The van der Waals surface area contributed by atoms with Gasteiger partial charge in [-0.1, -0.05) is 19.1 Å². The van der Waals surface area contributed by atoms with Crippen LogP contribution >= 0.6 is 0 Å². The molecular weight excluding hydrogens is 244 g/mol. The maximum absolute atomic E-state index is 10.7. The number of hydrogen-bond acceptors (Lipinski definition) is 3. The van der Waals surface area contributed by atoms with Crippen molar-refractivity contribution in [2.75, 3.05) is 6.61 Å². The lowest BCUT2D eigenvalue weighted by molar-refractivity contribution is 0.0660. The highest BCUT2D eigenvalue weighted by atomic mass is 16.5. The standard InChI is InChI=1S/C15H16O4/c1-2-9-18-12-5-3-11(4-6-12)10-13-7-8-14(19-13)15(16)17/h3-8H,2,9-10H2,1H3,(H,16,17). The summed E-state index contributed by atoms with van der Waals surface area (Å²) < 4.78 is 10.7. The first kappa shape index (κ1) is 13.2. The second-order valence-electron chi connectivity index (χ2n) is 4.24. The first-order valence-corrected chi connectivity index (χ1v) is 6.23. The van der Waals surface area contributed by atoms with Crippen LogP contribution in [-0.4, -0.2) is 17.7 Å². The average Bonchev–Trinajstić information content (AvgIpc) is 2.87. The smallest absolute Gasteiger partial charge is 0.371 e. The van der Waals surface area contributed by atoms with E-state index in [-0.39, 0.29) is 5.76 Å². The largest absolute Gasteiger partial charge is 0.494 e. The van der Waals surface area contributed by atoms with E-state index >= 15 is 0 Å². The first-order chi connectivity index (χ1) is 9.19. The van der Waals surface area contributed by atoms with E-state index in [1.54, 1.807) is 6.07 Å². The van der Waals surface area contributed by atoms with Gasteiger partial charge >= 0.3 is 5.97 Å². The molecule has 0 bridgehead atoms. The fraction of sp³-hybridized carbons (Fsp3) is 0.267. The van der Waals surface area contributed by atoms with Crippen molar-refractivity contribution < 1.29 is 19.1 Å². The second kappa shape index (κ2) is 6.09. The van der Waals surface area contributed by atoms with E-state index < -0.39 is 5.97 Å². The molecule has 0 aliphatic heterocycles. The van der Waals surface area contributed by atoms with E-state index in [4.69, 9.17) is 14.3 Å². The van der Waals surface area contributed by atoms with Gasteiger partial charge in [0.05, 0.1) is 6.61 Å². The lowest BCUT2D eigenvalue weighted by atomic mass is 10.1. The van der Waals surface area contributed by atoms with E-state index in [0.29, 0.717) is 18.8 Å². The van der Waals surface area contributed by atoms with Gasteiger partial charge in [0.25, 0.3) is 0 Å². The van der Waals surface area contributed by atoms with Crippen LogP contribution in [0.25, 0.3) is 0 Å². The van der Waals surface area contributed by atoms with E-state index in [0.717, 1.165) is 17.7 Å². The van der Waals surface area contributed by atoms with Gasteiger partial charge in [0, 0.05) is 6.42 Å². The number of carbonyl (C=O) groups is 1. The number of hydrogen-bond donors (Lipinski definition) is 1. The van der Waals surface area contributed by atoms with Gasteiger partial charge < -0.3 is 14.3 Å². The van der Waals surface area contributed by atoms with E-state index in [1.807, 2.05) is 24.3 Å². The normalized spacial score (nSPS) is 10.4. The SMILES string of the molecule is CCCOc1ccc(Cc2ccc(C(=O)O)o2)cc1. The number of ether oxygens (including phenoxy) is 1. The highest BCUT2D eigenvalue weighted by Crippen LogP contribution is 2.17. The summed E-state index contributed by atoms with van der Waals surface area (Å²) in [7, 11) is 0. The summed E-state index contributed by atoms with van der Waals surface area (Å²) in [6.45, 7) is 2.77. The summed E-state index contributed by atoms with van der Waals surface area (Å²) in [4.78, 5) is 10.7. The Morgan fingerprint density at radius 1 is 1.21 bits per heavy atom. The van der Waals surface area contributed by atoms with Crippen LogP contribution in [0.5, 0.6) is 5.75 Å². The van der Waals surface area contributed by atoms with Crippen LogP contribution in [0.15, 0.2) is 40.8 Å². The molecule has 1 N–H and O–H groups in total. The molecule has 0 saturated carbocycles. The first-order valence-electron chi connectivity index (χ1n) is 6.23. The summed E-state index contributed by atoms with van der Waals surface area (Å²) in [5.41, 5.74) is 1.05. The summed E-state index contributed by atoms with van der Waals surface area (Å²) in [6, 6.07) is 10.9. The zero-order chi connectivity index (χ0) is 13.7. The minimum atomic E-state index is -1.05. The number of carboxylic acid groups (broad SMARTS) is 1. The molecule has 100 valence electrons. The van der Waals surface area contributed by atoms with Crippen molar-refractivity contribution in [3.63, 3.8) is 0 Å². The van der Waals surface area contributed by atoms with Crippen LogP contribution in [0.2, 0.25) is 0 Å². The van der Waals surface area contributed by atoms with Gasteiger partial charge in [-0.25, -0.2) is 4.79 Å². The van der Waals surface area contributed by atoms with Crippen molar-refractivity contribution in [1.29, 1.82) is 0 Å². The fourth-order valence-corrected chi connectivity index (χ4v) is 1.71. The van der Waals surface area contributed by atoms with Crippen LogP contribution in [0.4, 0.5) is 0 Å². The monoisotopic (exact) mass is 260 g/mol. The van der Waals surface area contributed by atoms with Crippen LogP contribution in [-0.2, 0) is 6.42 Å². The Labute approximate surface area is 111 Å². The molecule has 0 atom stereocenters. The molecule has 1 aromatic heterocycles. The van der Waals surface area contributed by atoms with Gasteiger partial charge in [-0.2, -0.15) is 0 Å². The molecule has 1 heterocycles. The molecule has 0 saturated heterocycles. The van der Waals surface area contributed by atoms with Gasteiger partial charge in [-0.05, 0) is 36.2 Å². The maximum Gasteiger partial charge on any atom is 0.371 e. The molecule has 2 aromatic rings. The molecule has 1 aromatic carbocycles. The Morgan fingerprint density at radius 2 is 1.95 bits per heavy atom. The predicted molar refractivity (Wildman–Crippen MR) is 70.7 cm³/mol. The number of furan rings is 1. The lowest BCUT2D eigenvalue weighted by Crippen LogP contribution is -1.95. The average molecular weight is 260 g/mol. The Kier molecular flexibility index (Phi) is 4.23. The summed E-state index contributed by atoms with van der Waals surface area (Å²) in [6.07, 6.45) is 1.55. The highest BCUT2D eigenvalue weighted by Gasteiger charge is 2.09. The van der Waals surface area contributed by atoms with Crippen molar-refractivity contribution in [1.82, 2.24) is 0 Å². The van der Waals surface area contributed by atoms with Gasteiger partial charge in [0.2, 0.25) is 5.76 Å². The summed E-state index contributed by atoms with van der Waals surface area (Å²) in [5, 5.41) is 8.77. The van der Waals surface area contributed by atoms with E-state index in [2.05, 4.69) is 6.92 Å². The highest BCUT2D eigenvalue weighted by molar-refractivity contribution is 5.84. The summed E-state index contributed by atoms with van der Waals surface area (Å²) >= 11 is 0. The quantitative estimate of drug-likeness (QED) is 0.865. The topological polar surface area (TPSA) is 59.7 Å². The molecule has 0 fully saturated rings. The summed E-state index contributed by atoms with van der Waals surface area (Å²) in [5.74, 6) is 0.406. The molecule has 4 nitrogen and oxygen atoms in total. The zero-order valence-electron chi connectivity index (χ0n) is 10.8. The van der Waals surface area contributed by atoms with Gasteiger partial charge in [-0.3, -0.25) is 0 Å². The fourth-order valence-electron chi connectivity index (χ4n) is 1.71. The molecular formula is C15H16O4. The van der Waals surface area contributed by atoms with Crippen molar-refractivity contribution >= 4 is 5.97 Å². The minimum absolute atomic E-state index is 0.0297. The Hall–Kier alpha value is -2.23. The molecule has 0 radical (unpaired) electrons. The second-order valence-corrected chi connectivity index (χ2v) is 4.24. The van der Waals surface area contributed by atoms with Crippen LogP contribution in [0.3, 0.4) is 0 Å². The molecule has 0 aliphatic rings. The molecule has 0 unspecified atom stereocenters. The minimum Gasteiger partial charge on any atom is -0.494 e. The van der Waals surface area contributed by atoms with Crippen molar-refractivity contribution in [3.8, 4) is 5.75 Å². The van der Waals surface area contributed by atoms with Crippen LogP contribution in [0.1, 0.15) is 35.2 Å². The Bertz CT molecular complexity index is 540. The van der Waals surface area contributed by atoms with Crippen molar-refractivity contribution in [2.24, 2.45) is 0 Å². The lowest BCUT2D eigenvalue weighted by Gasteiger charge is -2.05. The van der Waals surface area contributed by atoms with Crippen LogP contribution in [0, 0.1) is 0 Å². The Morgan fingerprint density at radius 3 is 2.53 bits per heavy atom. The van der Waals surface area contributed by atoms with Gasteiger partial charge in [0.1, 0.15) is 11.5 Å². The molecule has 2 rings (SSSR count). The molecule has 0 amide bonds. The van der Waals surface area contributed by atoms with Crippen molar-refractivity contribution in [2.45, 2.75) is 19.8 Å². The molecule has 0 spiro atoms. The van der Waals surface area contributed by atoms with E-state index in [9.17, 15) is 4.79 Å². The third-order valence-electron chi connectivity index (χ3n) is 2.65. The molecule has 4 heteroatoms. The predicted octanol–water partition coefficient (Wildman–Crippen LogP) is 3.36. The van der Waals surface area contributed by atoms with Gasteiger partial charge in [0.15, 0.2) is 0 Å². The number of aromatic carboxylic acids is 1. The number of carboxylic acids is 1. The zero-order valence-corrected chi connectivity index (χ0v) is 10.8. The van der Waals surface area contributed by atoms with Crippen molar-refractivity contribution in [3.05, 3.63) is 53.5 Å². The molecule has 0 aliphatic carbocycles. The van der Waals surface area contributed by atoms with Crippen LogP contribution < -0.4 is 4.74 Å². The number of rotatable bonds is 6. The van der Waals surface area contributed by atoms with Gasteiger partial charge in [-0.15, -0.1) is 0 Å². The third-order valence-corrected chi connectivity index (χ3v) is 2.65. The maximum atomic E-state index is 10.7. The molecule has 19 heavy (non-hydrogen) atoms. The van der Waals surface area contributed by atoms with E-state index in [1.165, 1.54) is 6.07 Å².